The van der Waals surface area contributed by atoms with E-state index in [-0.39, 0.29) is 5.28 Å². The van der Waals surface area contributed by atoms with Gasteiger partial charge in [0.25, 0.3) is 0 Å². The summed E-state index contributed by atoms with van der Waals surface area (Å²) >= 11 is 8.03. The Morgan fingerprint density at radius 2 is 2.42 bits per heavy atom. The van der Waals surface area contributed by atoms with Gasteiger partial charge in [-0.3, -0.25) is 0 Å². The molecule has 0 aliphatic carbocycles. The summed E-state index contributed by atoms with van der Waals surface area (Å²) in [5.74, 6) is 0. The van der Waals surface area contributed by atoms with Crippen LogP contribution in [0.2, 0.25) is 5.28 Å². The lowest BCUT2D eigenvalue weighted by Gasteiger charge is -1.99. The SMILES string of the molecule is CSc1cnc(Cl)nc1SC#N. The molecule has 3 nitrogen and oxygen atoms in total. The Morgan fingerprint density at radius 1 is 1.67 bits per heavy atom. The highest BCUT2D eigenvalue weighted by Crippen LogP contribution is 2.26. The molecule has 1 rings (SSSR count). The van der Waals surface area contributed by atoms with Crippen molar-refractivity contribution in [2.24, 2.45) is 0 Å². The van der Waals surface area contributed by atoms with Gasteiger partial charge in [-0.1, -0.05) is 0 Å². The second kappa shape index (κ2) is 4.55. The van der Waals surface area contributed by atoms with E-state index in [2.05, 4.69) is 9.97 Å². The van der Waals surface area contributed by atoms with Crippen molar-refractivity contribution in [3.63, 3.8) is 0 Å². The summed E-state index contributed by atoms with van der Waals surface area (Å²) in [5.41, 5.74) is 0. The monoisotopic (exact) mass is 217 g/mol. The first kappa shape index (κ1) is 9.65. The fraction of sp³-hybridized carbons (Fsp3) is 0.167. The van der Waals surface area contributed by atoms with Gasteiger partial charge in [-0.15, -0.1) is 11.8 Å². The van der Waals surface area contributed by atoms with Crippen molar-refractivity contribution in [2.45, 2.75) is 9.92 Å². The quantitative estimate of drug-likeness (QED) is 0.330. The summed E-state index contributed by atoms with van der Waals surface area (Å²) in [6, 6.07) is 0. The molecule has 0 saturated heterocycles. The molecule has 1 aromatic heterocycles. The van der Waals surface area contributed by atoms with Crippen LogP contribution in [0.5, 0.6) is 0 Å². The number of nitrogens with zero attached hydrogens (tertiary/aromatic N) is 3. The lowest BCUT2D eigenvalue weighted by atomic mass is 10.7. The van der Waals surface area contributed by atoms with E-state index in [9.17, 15) is 0 Å². The van der Waals surface area contributed by atoms with E-state index in [1.165, 1.54) is 11.8 Å². The highest BCUT2D eigenvalue weighted by molar-refractivity contribution is 8.05. The maximum absolute atomic E-state index is 8.43. The van der Waals surface area contributed by atoms with Gasteiger partial charge >= 0.3 is 0 Å². The molecule has 6 heteroatoms. The Morgan fingerprint density at radius 3 is 3.00 bits per heavy atom. The lowest BCUT2D eigenvalue weighted by molar-refractivity contribution is 0.966. The Labute approximate surface area is 83.5 Å². The van der Waals surface area contributed by atoms with E-state index in [1.54, 1.807) is 6.20 Å². The number of halogens is 1. The molecular formula is C6H4ClN3S2. The summed E-state index contributed by atoms with van der Waals surface area (Å²) in [6.45, 7) is 0. The fourth-order valence-electron chi connectivity index (χ4n) is 0.591. The fourth-order valence-corrected chi connectivity index (χ4v) is 1.90. The number of thioether (sulfide) groups is 2. The molecule has 0 bridgehead atoms. The Bertz CT molecular complexity index is 323. The number of nitriles is 1. The Kier molecular flexibility index (Phi) is 3.66. The molecular weight excluding hydrogens is 214 g/mol. The standard InChI is InChI=1S/C6H4ClN3S2/c1-11-4-2-9-6(7)10-5(4)12-3-8/h2H,1H3. The van der Waals surface area contributed by atoms with Crippen LogP contribution >= 0.6 is 35.1 Å². The van der Waals surface area contributed by atoms with Crippen molar-refractivity contribution in [1.82, 2.24) is 9.97 Å². The minimum Gasteiger partial charge on any atom is -0.225 e. The zero-order chi connectivity index (χ0) is 8.97. The molecule has 0 N–H and O–H groups in total. The van der Waals surface area contributed by atoms with Crippen molar-refractivity contribution in [2.75, 3.05) is 6.26 Å². The summed E-state index contributed by atoms with van der Waals surface area (Å²) in [7, 11) is 0. The van der Waals surface area contributed by atoms with Crippen molar-refractivity contribution < 1.29 is 0 Å². The van der Waals surface area contributed by atoms with Crippen molar-refractivity contribution in [3.8, 4) is 5.40 Å². The van der Waals surface area contributed by atoms with Gasteiger partial charge in [0.15, 0.2) is 0 Å². The predicted molar refractivity (Wildman–Crippen MR) is 50.3 cm³/mol. The highest BCUT2D eigenvalue weighted by Gasteiger charge is 2.05. The van der Waals surface area contributed by atoms with Crippen LogP contribution in [-0.2, 0) is 0 Å². The van der Waals surface area contributed by atoms with Crippen LogP contribution in [0.25, 0.3) is 0 Å². The predicted octanol–water partition coefficient (Wildman–Crippen LogP) is 2.43. The average Bonchev–Trinajstić information content (AvgIpc) is 2.05. The van der Waals surface area contributed by atoms with Gasteiger partial charge in [0.2, 0.25) is 5.28 Å². The zero-order valence-electron chi connectivity index (χ0n) is 6.11. The van der Waals surface area contributed by atoms with Crippen LogP contribution in [0, 0.1) is 10.7 Å². The first-order valence-corrected chi connectivity index (χ1v) is 5.32. The maximum atomic E-state index is 8.43. The van der Waals surface area contributed by atoms with E-state index in [1.807, 2.05) is 11.7 Å². The van der Waals surface area contributed by atoms with E-state index in [4.69, 9.17) is 16.9 Å². The van der Waals surface area contributed by atoms with Gasteiger partial charge in [-0.05, 0) is 17.9 Å². The number of hydrogen-bond acceptors (Lipinski definition) is 5. The minimum atomic E-state index is 0.172. The third kappa shape index (κ3) is 2.27. The Balaban J connectivity index is 3.05. The summed E-state index contributed by atoms with van der Waals surface area (Å²) < 4.78 is 0. The van der Waals surface area contributed by atoms with Gasteiger partial charge in [0.05, 0.1) is 4.90 Å². The molecule has 0 unspecified atom stereocenters. The van der Waals surface area contributed by atoms with Crippen molar-refractivity contribution >= 4 is 35.1 Å². The first-order valence-electron chi connectivity index (χ1n) is 2.90. The number of aromatic nitrogens is 2. The third-order valence-corrected chi connectivity index (χ3v) is 2.70. The van der Waals surface area contributed by atoms with Crippen LogP contribution in [-0.4, -0.2) is 16.2 Å². The topological polar surface area (TPSA) is 49.6 Å². The molecule has 0 radical (unpaired) electrons. The molecule has 12 heavy (non-hydrogen) atoms. The molecule has 0 aromatic carbocycles. The number of thiocyanates is 1. The van der Waals surface area contributed by atoms with E-state index >= 15 is 0 Å². The molecule has 0 fully saturated rings. The van der Waals surface area contributed by atoms with Gasteiger partial charge in [-0.2, -0.15) is 5.26 Å². The molecule has 1 aromatic rings. The molecule has 62 valence electrons. The molecule has 0 amide bonds. The second-order valence-corrected chi connectivity index (χ2v) is 3.67. The highest BCUT2D eigenvalue weighted by atomic mass is 35.5. The van der Waals surface area contributed by atoms with E-state index in [0.717, 1.165) is 16.7 Å². The molecule has 0 atom stereocenters. The molecule has 0 aliphatic rings. The summed E-state index contributed by atoms with van der Waals surface area (Å²) in [6.07, 6.45) is 3.51. The number of rotatable bonds is 2. The second-order valence-electron chi connectivity index (χ2n) is 1.71. The first-order chi connectivity index (χ1) is 5.77. The van der Waals surface area contributed by atoms with Crippen LogP contribution in [0.4, 0.5) is 0 Å². The largest absolute Gasteiger partial charge is 0.225 e. The molecule has 1 heterocycles. The lowest BCUT2D eigenvalue weighted by Crippen LogP contribution is -1.87. The molecule has 0 aliphatic heterocycles. The van der Waals surface area contributed by atoms with Crippen LogP contribution in [0.1, 0.15) is 0 Å². The number of hydrogen-bond donors (Lipinski definition) is 0. The zero-order valence-corrected chi connectivity index (χ0v) is 8.50. The average molecular weight is 218 g/mol. The van der Waals surface area contributed by atoms with Gasteiger partial charge < -0.3 is 0 Å². The van der Waals surface area contributed by atoms with Crippen molar-refractivity contribution in [1.29, 1.82) is 5.26 Å². The van der Waals surface area contributed by atoms with Gasteiger partial charge in [0.1, 0.15) is 10.4 Å². The summed E-state index contributed by atoms with van der Waals surface area (Å²) in [5, 5.41) is 11.2. The maximum Gasteiger partial charge on any atom is 0.223 e. The van der Waals surface area contributed by atoms with Crippen LogP contribution < -0.4 is 0 Å². The van der Waals surface area contributed by atoms with Gasteiger partial charge in [0, 0.05) is 18.0 Å². The van der Waals surface area contributed by atoms with Crippen LogP contribution in [0.3, 0.4) is 0 Å². The third-order valence-electron chi connectivity index (χ3n) is 1.06. The summed E-state index contributed by atoms with van der Waals surface area (Å²) in [4.78, 5) is 8.58. The van der Waals surface area contributed by atoms with E-state index in [0.29, 0.717) is 5.03 Å². The Hall–Kier alpha value is -0.440. The molecule has 0 saturated carbocycles. The van der Waals surface area contributed by atoms with Gasteiger partial charge in [-0.25, -0.2) is 9.97 Å². The van der Waals surface area contributed by atoms with Crippen LogP contribution in [0.15, 0.2) is 16.1 Å². The minimum absolute atomic E-state index is 0.172. The van der Waals surface area contributed by atoms with Crippen molar-refractivity contribution in [3.05, 3.63) is 11.5 Å². The smallest absolute Gasteiger partial charge is 0.223 e. The molecule has 0 spiro atoms. The van der Waals surface area contributed by atoms with E-state index < -0.39 is 0 Å². The normalized spacial score (nSPS) is 9.42.